The van der Waals surface area contributed by atoms with Crippen LogP contribution in [0.2, 0.25) is 0 Å². The van der Waals surface area contributed by atoms with Crippen LogP contribution in [0.5, 0.6) is 0 Å². The van der Waals surface area contributed by atoms with E-state index in [1.165, 1.54) is 29.2 Å². The Labute approximate surface area is 126 Å². The first-order chi connectivity index (χ1) is 10.6. The van der Waals surface area contributed by atoms with Gasteiger partial charge in [-0.1, -0.05) is 6.42 Å². The van der Waals surface area contributed by atoms with E-state index in [0.29, 0.717) is 5.69 Å². The first kappa shape index (κ1) is 14.2. The molecule has 2 N–H and O–H groups in total. The Morgan fingerprint density at radius 2 is 1.91 bits per heavy atom. The van der Waals surface area contributed by atoms with Crippen LogP contribution in [-0.2, 0) is 4.79 Å². The summed E-state index contributed by atoms with van der Waals surface area (Å²) in [6.07, 6.45) is 5.60. The van der Waals surface area contributed by atoms with Crippen molar-refractivity contribution in [2.24, 2.45) is 5.92 Å². The number of aromatic nitrogens is 2. The minimum atomic E-state index is -0.477. The molecule has 2 amide bonds. The molecule has 1 aromatic carbocycles. The summed E-state index contributed by atoms with van der Waals surface area (Å²) < 4.78 is 14.5. The van der Waals surface area contributed by atoms with Crippen LogP contribution in [0.3, 0.4) is 0 Å². The van der Waals surface area contributed by atoms with Crippen LogP contribution in [0.1, 0.15) is 29.8 Å². The predicted octanol–water partition coefficient (Wildman–Crippen LogP) is 1.57. The largest absolute Gasteiger partial charge is 0.295 e. The fourth-order valence-corrected chi connectivity index (χ4v) is 2.23. The normalized spacial score (nSPS) is 14.2. The molecule has 1 saturated carbocycles. The second kappa shape index (κ2) is 5.97. The monoisotopic (exact) mass is 302 g/mol. The minimum absolute atomic E-state index is 0.0118. The molecule has 0 unspecified atom stereocenters. The molecule has 0 spiro atoms. The van der Waals surface area contributed by atoms with Crippen molar-refractivity contribution >= 4 is 11.8 Å². The zero-order valence-electron chi connectivity index (χ0n) is 11.8. The number of nitrogens with one attached hydrogen (secondary N) is 2. The Morgan fingerprint density at radius 3 is 2.55 bits per heavy atom. The molecule has 1 aliphatic rings. The van der Waals surface area contributed by atoms with E-state index in [1.807, 2.05) is 0 Å². The van der Waals surface area contributed by atoms with Crippen LogP contribution in [0, 0.1) is 11.7 Å². The maximum Gasteiger partial charge on any atom is 0.288 e. The highest BCUT2D eigenvalue weighted by molar-refractivity contribution is 5.94. The topological polar surface area (TPSA) is 76.0 Å². The molecule has 6 nitrogen and oxygen atoms in total. The molecule has 1 aromatic heterocycles. The van der Waals surface area contributed by atoms with Crippen LogP contribution in [0.4, 0.5) is 4.39 Å². The molecule has 1 heterocycles. The highest BCUT2D eigenvalue weighted by Gasteiger charge is 2.25. The van der Waals surface area contributed by atoms with E-state index in [2.05, 4.69) is 15.8 Å². The van der Waals surface area contributed by atoms with Gasteiger partial charge in [-0.05, 0) is 37.1 Å². The van der Waals surface area contributed by atoms with Gasteiger partial charge in [-0.25, -0.2) is 9.37 Å². The molecule has 0 aliphatic heterocycles. The van der Waals surface area contributed by atoms with Gasteiger partial charge >= 0.3 is 0 Å². The second-order valence-electron chi connectivity index (χ2n) is 5.20. The third kappa shape index (κ3) is 2.83. The Bertz CT molecular complexity index is 692. The fraction of sp³-hybridized carbons (Fsp3) is 0.267. The van der Waals surface area contributed by atoms with E-state index in [4.69, 9.17) is 0 Å². The molecule has 0 atom stereocenters. The highest BCUT2D eigenvalue weighted by atomic mass is 19.1. The predicted molar refractivity (Wildman–Crippen MR) is 76.5 cm³/mol. The lowest BCUT2D eigenvalue weighted by Gasteiger charge is -2.24. The van der Waals surface area contributed by atoms with Gasteiger partial charge < -0.3 is 0 Å². The number of nitrogens with zero attached hydrogens (tertiary/aromatic N) is 2. The zero-order chi connectivity index (χ0) is 15.5. The van der Waals surface area contributed by atoms with E-state index in [0.717, 1.165) is 19.3 Å². The van der Waals surface area contributed by atoms with E-state index >= 15 is 0 Å². The molecule has 22 heavy (non-hydrogen) atoms. The van der Waals surface area contributed by atoms with Gasteiger partial charge in [0.2, 0.25) is 5.91 Å². The van der Waals surface area contributed by atoms with Gasteiger partial charge in [0, 0.05) is 11.6 Å². The third-order valence-corrected chi connectivity index (χ3v) is 3.75. The number of rotatable bonds is 3. The third-order valence-electron chi connectivity index (χ3n) is 3.75. The van der Waals surface area contributed by atoms with Crippen molar-refractivity contribution in [2.75, 3.05) is 0 Å². The van der Waals surface area contributed by atoms with Crippen molar-refractivity contribution < 1.29 is 14.0 Å². The number of imidazole rings is 1. The van der Waals surface area contributed by atoms with Crippen molar-refractivity contribution in [3.8, 4) is 5.69 Å². The number of hydrazine groups is 1. The fourth-order valence-electron chi connectivity index (χ4n) is 2.23. The van der Waals surface area contributed by atoms with Gasteiger partial charge in [0.05, 0.1) is 12.5 Å². The van der Waals surface area contributed by atoms with E-state index in [1.54, 1.807) is 12.1 Å². The van der Waals surface area contributed by atoms with Crippen LogP contribution >= 0.6 is 0 Å². The summed E-state index contributed by atoms with van der Waals surface area (Å²) >= 11 is 0. The lowest BCUT2D eigenvalue weighted by molar-refractivity contribution is -0.128. The van der Waals surface area contributed by atoms with Gasteiger partial charge in [0.15, 0.2) is 0 Å². The SMILES string of the molecule is O=C(NNC(=O)C1CCC1)c1cncn1-c1ccc(F)cc1. The maximum absolute atomic E-state index is 13.0. The molecule has 2 aromatic rings. The van der Waals surface area contributed by atoms with Gasteiger partial charge in [0.1, 0.15) is 11.5 Å². The van der Waals surface area contributed by atoms with Crippen molar-refractivity contribution in [1.29, 1.82) is 0 Å². The number of carbonyl (C=O) groups is 2. The van der Waals surface area contributed by atoms with Crippen LogP contribution < -0.4 is 10.9 Å². The quantitative estimate of drug-likeness (QED) is 0.845. The van der Waals surface area contributed by atoms with Gasteiger partial charge in [0.25, 0.3) is 5.91 Å². The Morgan fingerprint density at radius 1 is 1.18 bits per heavy atom. The lowest BCUT2D eigenvalue weighted by atomic mass is 9.85. The van der Waals surface area contributed by atoms with E-state index in [9.17, 15) is 14.0 Å². The number of hydrogen-bond donors (Lipinski definition) is 2. The Kier molecular flexibility index (Phi) is 3.86. The number of hydrogen-bond acceptors (Lipinski definition) is 3. The summed E-state index contributed by atoms with van der Waals surface area (Å²) in [6.45, 7) is 0. The first-order valence-corrected chi connectivity index (χ1v) is 7.03. The summed E-state index contributed by atoms with van der Waals surface area (Å²) in [6, 6.07) is 5.69. The smallest absolute Gasteiger partial charge is 0.288 e. The van der Waals surface area contributed by atoms with Gasteiger partial charge in [-0.2, -0.15) is 0 Å². The molecule has 0 bridgehead atoms. The zero-order valence-corrected chi connectivity index (χ0v) is 11.8. The van der Waals surface area contributed by atoms with Crippen LogP contribution in [-0.4, -0.2) is 21.4 Å². The summed E-state index contributed by atoms with van der Waals surface area (Å²) in [5, 5.41) is 0. The average molecular weight is 302 g/mol. The standard InChI is InChI=1S/C15H15FN4O2/c16-11-4-6-12(7-5-11)20-9-17-8-13(20)15(22)19-18-14(21)10-2-1-3-10/h4-10H,1-3H2,(H,18,21)(H,19,22). The number of amides is 2. The molecule has 3 rings (SSSR count). The number of benzene rings is 1. The molecule has 0 saturated heterocycles. The van der Waals surface area contributed by atoms with Crippen molar-refractivity contribution in [2.45, 2.75) is 19.3 Å². The molecule has 7 heteroatoms. The molecule has 114 valence electrons. The molecule has 1 aliphatic carbocycles. The molecular formula is C15H15FN4O2. The van der Waals surface area contributed by atoms with Crippen LogP contribution in [0.15, 0.2) is 36.8 Å². The van der Waals surface area contributed by atoms with Gasteiger partial charge in [-0.15, -0.1) is 0 Å². The number of halogens is 1. The Hall–Kier alpha value is -2.70. The van der Waals surface area contributed by atoms with Crippen LogP contribution in [0.25, 0.3) is 5.69 Å². The Balaban J connectivity index is 1.69. The minimum Gasteiger partial charge on any atom is -0.295 e. The van der Waals surface area contributed by atoms with Crippen molar-refractivity contribution in [3.63, 3.8) is 0 Å². The summed E-state index contributed by atoms with van der Waals surface area (Å²) in [7, 11) is 0. The number of carbonyl (C=O) groups excluding carboxylic acids is 2. The first-order valence-electron chi connectivity index (χ1n) is 7.03. The summed E-state index contributed by atoms with van der Waals surface area (Å²) in [4.78, 5) is 27.8. The summed E-state index contributed by atoms with van der Waals surface area (Å²) in [5.41, 5.74) is 5.66. The lowest BCUT2D eigenvalue weighted by Crippen LogP contribution is -2.46. The van der Waals surface area contributed by atoms with E-state index in [-0.39, 0.29) is 23.3 Å². The van der Waals surface area contributed by atoms with Crippen molar-refractivity contribution in [3.05, 3.63) is 48.3 Å². The molecule has 0 radical (unpaired) electrons. The molecular weight excluding hydrogens is 287 g/mol. The van der Waals surface area contributed by atoms with E-state index < -0.39 is 5.91 Å². The molecule has 1 fully saturated rings. The van der Waals surface area contributed by atoms with Crippen molar-refractivity contribution in [1.82, 2.24) is 20.4 Å². The maximum atomic E-state index is 13.0. The highest BCUT2D eigenvalue weighted by Crippen LogP contribution is 2.25. The average Bonchev–Trinajstić information content (AvgIpc) is 2.93. The second-order valence-corrected chi connectivity index (χ2v) is 5.20. The van der Waals surface area contributed by atoms with Gasteiger partial charge in [-0.3, -0.25) is 25.0 Å². The summed E-state index contributed by atoms with van der Waals surface area (Å²) in [5.74, 6) is -1.02.